The third-order valence-electron chi connectivity index (χ3n) is 1.57. The minimum absolute atomic E-state index is 0.447. The van der Waals surface area contributed by atoms with E-state index in [0.29, 0.717) is 6.07 Å². The largest absolute Gasteiger partial charge is 0.480 e. The van der Waals surface area contributed by atoms with Crippen LogP contribution in [0.5, 0.6) is 5.88 Å². The number of rotatable bonds is 3. The third-order valence-corrected chi connectivity index (χ3v) is 1.76. The Kier molecular flexibility index (Phi) is 3.52. The van der Waals surface area contributed by atoms with Crippen molar-refractivity contribution in [2.45, 2.75) is 6.43 Å². The highest BCUT2D eigenvalue weighted by atomic mass is 35.5. The molecule has 1 aromatic rings. The Morgan fingerprint density at radius 1 is 1.60 bits per heavy atom. The van der Waals surface area contributed by atoms with Crippen LogP contribution < -0.4 is 4.74 Å². The second-order valence-electron chi connectivity index (χ2n) is 2.49. The molecule has 0 aromatic carbocycles. The third kappa shape index (κ3) is 2.38. The fourth-order valence-corrected chi connectivity index (χ4v) is 1.12. The van der Waals surface area contributed by atoms with E-state index in [-0.39, 0.29) is 0 Å². The van der Waals surface area contributed by atoms with E-state index in [4.69, 9.17) is 11.6 Å². The fourth-order valence-electron chi connectivity index (χ4n) is 0.947. The summed E-state index contributed by atoms with van der Waals surface area (Å²) in [4.78, 5) is 14.0. The maximum Gasteiger partial charge on any atom is 0.280 e. The molecule has 0 bridgehead atoms. The first-order valence-corrected chi connectivity index (χ1v) is 4.07. The predicted octanol–water partition coefficient (Wildman–Crippen LogP) is 2.55. The van der Waals surface area contributed by atoms with Crippen molar-refractivity contribution >= 4 is 16.8 Å². The predicted molar refractivity (Wildman–Crippen MR) is 45.9 cm³/mol. The molecular weight excluding hydrogens is 235 g/mol. The molecule has 0 atom stereocenters. The van der Waals surface area contributed by atoms with Gasteiger partial charge in [-0.2, -0.15) is 0 Å². The van der Waals surface area contributed by atoms with Gasteiger partial charge in [0.2, 0.25) is 5.88 Å². The Hall–Kier alpha value is -1.30. The van der Waals surface area contributed by atoms with Gasteiger partial charge in [-0.1, -0.05) is 0 Å². The molecule has 0 saturated heterocycles. The van der Waals surface area contributed by atoms with Crippen LogP contribution in [-0.2, 0) is 0 Å². The van der Waals surface area contributed by atoms with Crippen LogP contribution in [0, 0.1) is 5.82 Å². The quantitative estimate of drug-likeness (QED) is 0.761. The number of alkyl halides is 2. The maximum atomic E-state index is 13.2. The number of hydrogen-bond donors (Lipinski definition) is 0. The van der Waals surface area contributed by atoms with E-state index < -0.39 is 34.6 Å². The smallest absolute Gasteiger partial charge is 0.280 e. The number of pyridine rings is 1. The summed E-state index contributed by atoms with van der Waals surface area (Å²) in [5, 5.41) is -1.15. The summed E-state index contributed by atoms with van der Waals surface area (Å²) in [6, 6.07) is 0.447. The Labute approximate surface area is 87.8 Å². The number of hydrogen-bond acceptors (Lipinski definition) is 3. The first-order chi connectivity index (χ1) is 6.97. The van der Waals surface area contributed by atoms with E-state index >= 15 is 0 Å². The van der Waals surface area contributed by atoms with Gasteiger partial charge in [0.1, 0.15) is 17.1 Å². The number of carbonyl (C=O) groups is 1. The maximum absolute atomic E-state index is 13.2. The number of nitrogens with zero attached hydrogens (tertiary/aromatic N) is 1. The number of aromatic nitrogens is 1. The van der Waals surface area contributed by atoms with Gasteiger partial charge in [0.15, 0.2) is 0 Å². The van der Waals surface area contributed by atoms with Crippen molar-refractivity contribution in [1.82, 2.24) is 4.98 Å². The molecule has 1 heterocycles. The highest BCUT2D eigenvalue weighted by molar-refractivity contribution is 6.68. The zero-order chi connectivity index (χ0) is 11.6. The van der Waals surface area contributed by atoms with Crippen LogP contribution in [0.1, 0.15) is 22.5 Å². The second-order valence-corrected chi connectivity index (χ2v) is 2.83. The van der Waals surface area contributed by atoms with E-state index in [1.807, 2.05) is 0 Å². The molecule has 0 fully saturated rings. The number of carbonyl (C=O) groups excluding carboxylic acids is 1. The number of ether oxygens (including phenoxy) is 1. The number of methoxy groups -OCH3 is 1. The summed E-state index contributed by atoms with van der Waals surface area (Å²) in [5.41, 5.74) is -1.46. The zero-order valence-electron chi connectivity index (χ0n) is 7.43. The SMILES string of the molecule is COc1nc(C(F)F)cc(F)c1C(=O)Cl. The molecule has 15 heavy (non-hydrogen) atoms. The summed E-state index contributed by atoms with van der Waals surface area (Å²) in [6.45, 7) is 0. The van der Waals surface area contributed by atoms with Crippen LogP contribution in [0.2, 0.25) is 0 Å². The van der Waals surface area contributed by atoms with Gasteiger partial charge in [-0.25, -0.2) is 18.2 Å². The lowest BCUT2D eigenvalue weighted by Gasteiger charge is -2.07. The van der Waals surface area contributed by atoms with Gasteiger partial charge in [-0.05, 0) is 11.6 Å². The van der Waals surface area contributed by atoms with Gasteiger partial charge in [0.25, 0.3) is 11.7 Å². The van der Waals surface area contributed by atoms with Crippen molar-refractivity contribution in [2.75, 3.05) is 7.11 Å². The van der Waals surface area contributed by atoms with Crippen LogP contribution in [0.4, 0.5) is 13.2 Å². The minimum Gasteiger partial charge on any atom is -0.480 e. The van der Waals surface area contributed by atoms with E-state index in [9.17, 15) is 18.0 Å². The van der Waals surface area contributed by atoms with Crippen molar-refractivity contribution < 1.29 is 22.7 Å². The first kappa shape index (κ1) is 11.8. The van der Waals surface area contributed by atoms with Gasteiger partial charge < -0.3 is 4.74 Å². The lowest BCUT2D eigenvalue weighted by Crippen LogP contribution is -2.05. The van der Waals surface area contributed by atoms with E-state index in [1.165, 1.54) is 0 Å². The van der Waals surface area contributed by atoms with Crippen molar-refractivity contribution in [3.8, 4) is 5.88 Å². The molecule has 0 radical (unpaired) electrons. The molecule has 82 valence electrons. The van der Waals surface area contributed by atoms with Crippen molar-refractivity contribution in [3.63, 3.8) is 0 Å². The molecule has 3 nitrogen and oxygen atoms in total. The van der Waals surface area contributed by atoms with Crippen molar-refractivity contribution in [3.05, 3.63) is 23.1 Å². The summed E-state index contributed by atoms with van der Waals surface area (Å²) in [7, 11) is 1.07. The fraction of sp³-hybridized carbons (Fsp3) is 0.250. The Balaban J connectivity index is 3.37. The Bertz CT molecular complexity index is 398. The molecule has 7 heteroatoms. The first-order valence-electron chi connectivity index (χ1n) is 3.69. The molecule has 0 amide bonds. The highest BCUT2D eigenvalue weighted by Crippen LogP contribution is 2.26. The van der Waals surface area contributed by atoms with E-state index in [0.717, 1.165) is 7.11 Å². The average molecular weight is 240 g/mol. The molecular formula is C8H5ClF3NO2. The topological polar surface area (TPSA) is 39.2 Å². The lowest BCUT2D eigenvalue weighted by atomic mass is 10.2. The second kappa shape index (κ2) is 4.48. The molecule has 0 N–H and O–H groups in total. The molecule has 0 aliphatic rings. The van der Waals surface area contributed by atoms with Crippen LogP contribution in [0.15, 0.2) is 6.07 Å². The van der Waals surface area contributed by atoms with Crippen molar-refractivity contribution in [2.24, 2.45) is 0 Å². The molecule has 0 saturated carbocycles. The van der Waals surface area contributed by atoms with Gasteiger partial charge in [0, 0.05) is 6.07 Å². The van der Waals surface area contributed by atoms with Crippen LogP contribution in [0.3, 0.4) is 0 Å². The minimum atomic E-state index is -2.95. The van der Waals surface area contributed by atoms with Gasteiger partial charge in [-0.15, -0.1) is 0 Å². The summed E-state index contributed by atoms with van der Waals surface area (Å²) >= 11 is 5.04. The normalized spacial score (nSPS) is 10.5. The van der Waals surface area contributed by atoms with Crippen LogP contribution in [0.25, 0.3) is 0 Å². The summed E-state index contributed by atoms with van der Waals surface area (Å²) in [6.07, 6.45) is -2.95. The molecule has 1 rings (SSSR count). The Morgan fingerprint density at radius 2 is 2.20 bits per heavy atom. The Morgan fingerprint density at radius 3 is 2.60 bits per heavy atom. The van der Waals surface area contributed by atoms with Crippen LogP contribution >= 0.6 is 11.6 Å². The van der Waals surface area contributed by atoms with Gasteiger partial charge in [0.05, 0.1) is 7.11 Å². The summed E-state index contributed by atoms with van der Waals surface area (Å²) in [5.74, 6) is -1.73. The molecule has 0 spiro atoms. The van der Waals surface area contributed by atoms with Gasteiger partial charge in [-0.3, -0.25) is 4.79 Å². The molecule has 0 aliphatic heterocycles. The average Bonchev–Trinajstić information content (AvgIpc) is 2.15. The molecule has 0 unspecified atom stereocenters. The van der Waals surface area contributed by atoms with Gasteiger partial charge >= 0.3 is 0 Å². The molecule has 0 aliphatic carbocycles. The zero-order valence-corrected chi connectivity index (χ0v) is 8.19. The lowest BCUT2D eigenvalue weighted by molar-refractivity contribution is 0.107. The van der Waals surface area contributed by atoms with Crippen molar-refractivity contribution in [1.29, 1.82) is 0 Å². The standard InChI is InChI=1S/C8H5ClF3NO2/c1-15-8-5(6(9)14)3(10)2-4(13-8)7(11)12/h2,7H,1H3. The number of halogens is 4. The summed E-state index contributed by atoms with van der Waals surface area (Å²) < 4.78 is 42.0. The van der Waals surface area contributed by atoms with E-state index in [1.54, 1.807) is 0 Å². The highest BCUT2D eigenvalue weighted by Gasteiger charge is 2.22. The monoisotopic (exact) mass is 239 g/mol. The van der Waals surface area contributed by atoms with E-state index in [2.05, 4.69) is 9.72 Å². The molecule has 1 aromatic heterocycles. The van der Waals surface area contributed by atoms with Crippen LogP contribution in [-0.4, -0.2) is 17.3 Å².